The maximum Gasteiger partial charge on any atom is 0.265 e. The number of hydrogen-bond donors (Lipinski definition) is 2. The standard InChI is InChI=1S/C29H28N2O7S/c1-29(2)21-10-13-23(17-6-4-3-5-7-17)37-27(21)20-14-18(8-11-24(20)38-29)28(33)31-39(34,35)19-9-12-25-22(15-19)30-26(32)16-36-25/h3-9,11-12,14-15,21,23,27H,10,13,16H2,1-2H3,(H,30,32)(H,31,33)/t21-,23+,27+/m1/s1. The Hall–Kier alpha value is -3.89. The molecule has 0 radical (unpaired) electrons. The molecule has 3 aliphatic rings. The molecule has 0 saturated carbocycles. The number of carbonyl (C=O) groups is 2. The predicted molar refractivity (Wildman–Crippen MR) is 142 cm³/mol. The summed E-state index contributed by atoms with van der Waals surface area (Å²) in [6.45, 7) is 3.94. The van der Waals surface area contributed by atoms with Gasteiger partial charge in [0.05, 0.1) is 22.8 Å². The number of hydrogen-bond acceptors (Lipinski definition) is 7. The minimum Gasteiger partial charge on any atom is -0.487 e. The molecule has 39 heavy (non-hydrogen) atoms. The van der Waals surface area contributed by atoms with Gasteiger partial charge in [-0.15, -0.1) is 0 Å². The third-order valence-corrected chi connectivity index (χ3v) is 8.88. The Balaban J connectivity index is 1.27. The van der Waals surface area contributed by atoms with Crippen molar-refractivity contribution in [1.82, 2.24) is 4.72 Å². The topological polar surface area (TPSA) is 120 Å². The van der Waals surface area contributed by atoms with E-state index in [-0.39, 0.29) is 40.9 Å². The van der Waals surface area contributed by atoms with Crippen molar-refractivity contribution in [2.45, 2.75) is 49.4 Å². The third kappa shape index (κ3) is 4.74. The van der Waals surface area contributed by atoms with Crippen LogP contribution in [0.15, 0.2) is 71.6 Å². The Morgan fingerprint density at radius 2 is 1.77 bits per heavy atom. The second kappa shape index (κ2) is 9.39. The summed E-state index contributed by atoms with van der Waals surface area (Å²) < 4.78 is 46.5. The van der Waals surface area contributed by atoms with Crippen molar-refractivity contribution in [1.29, 1.82) is 0 Å². The predicted octanol–water partition coefficient (Wildman–Crippen LogP) is 4.52. The zero-order chi connectivity index (χ0) is 27.4. The van der Waals surface area contributed by atoms with Gasteiger partial charge in [0.25, 0.3) is 21.8 Å². The van der Waals surface area contributed by atoms with Crippen LogP contribution in [0.1, 0.15) is 60.4 Å². The van der Waals surface area contributed by atoms with E-state index in [1.807, 2.05) is 44.2 Å². The number of nitrogens with one attached hydrogen (secondary N) is 2. The monoisotopic (exact) mass is 548 g/mol. The van der Waals surface area contributed by atoms with Gasteiger partial charge in [-0.3, -0.25) is 9.59 Å². The molecule has 1 fully saturated rings. The van der Waals surface area contributed by atoms with Gasteiger partial charge in [0.1, 0.15) is 17.1 Å². The maximum absolute atomic E-state index is 13.2. The second-order valence-corrected chi connectivity index (χ2v) is 12.2. The lowest BCUT2D eigenvalue weighted by Gasteiger charge is -2.48. The highest BCUT2D eigenvalue weighted by Crippen LogP contribution is 2.53. The van der Waals surface area contributed by atoms with Crippen LogP contribution in [-0.4, -0.2) is 32.4 Å². The van der Waals surface area contributed by atoms with E-state index in [4.69, 9.17) is 14.2 Å². The van der Waals surface area contributed by atoms with Crippen LogP contribution in [0.2, 0.25) is 0 Å². The fraction of sp³-hybridized carbons (Fsp3) is 0.310. The molecule has 0 aromatic heterocycles. The Morgan fingerprint density at radius 3 is 2.56 bits per heavy atom. The van der Waals surface area contributed by atoms with Crippen LogP contribution >= 0.6 is 0 Å². The fourth-order valence-electron chi connectivity index (χ4n) is 5.57. The number of benzene rings is 3. The lowest BCUT2D eigenvalue weighted by atomic mass is 9.74. The molecule has 3 heterocycles. The minimum atomic E-state index is -4.24. The third-order valence-electron chi connectivity index (χ3n) is 7.55. The zero-order valence-electron chi connectivity index (χ0n) is 21.5. The largest absolute Gasteiger partial charge is 0.487 e. The summed E-state index contributed by atoms with van der Waals surface area (Å²) in [4.78, 5) is 24.6. The summed E-state index contributed by atoms with van der Waals surface area (Å²) >= 11 is 0. The van der Waals surface area contributed by atoms with Crippen molar-refractivity contribution < 1.29 is 32.2 Å². The van der Waals surface area contributed by atoms with Crippen molar-refractivity contribution in [2.24, 2.45) is 5.92 Å². The van der Waals surface area contributed by atoms with Crippen molar-refractivity contribution in [3.63, 3.8) is 0 Å². The first-order chi connectivity index (χ1) is 18.6. The molecule has 0 spiro atoms. The van der Waals surface area contributed by atoms with E-state index < -0.39 is 27.4 Å². The van der Waals surface area contributed by atoms with E-state index in [2.05, 4.69) is 10.0 Å². The highest BCUT2D eigenvalue weighted by molar-refractivity contribution is 7.90. The van der Waals surface area contributed by atoms with Crippen LogP contribution in [0.4, 0.5) is 5.69 Å². The minimum absolute atomic E-state index is 0.0555. The van der Waals surface area contributed by atoms with Crippen molar-refractivity contribution in [3.05, 3.63) is 83.4 Å². The zero-order valence-corrected chi connectivity index (χ0v) is 22.3. The van der Waals surface area contributed by atoms with Gasteiger partial charge in [-0.1, -0.05) is 30.3 Å². The van der Waals surface area contributed by atoms with Crippen molar-refractivity contribution >= 4 is 27.5 Å². The Bertz CT molecular complexity index is 1570. The summed E-state index contributed by atoms with van der Waals surface area (Å²) in [6.07, 6.45) is 1.30. The molecule has 3 aliphatic heterocycles. The number of carbonyl (C=O) groups excluding carboxylic acids is 2. The molecule has 0 bridgehead atoms. The van der Waals surface area contributed by atoms with E-state index >= 15 is 0 Å². The van der Waals surface area contributed by atoms with E-state index in [1.165, 1.54) is 18.2 Å². The first-order valence-corrected chi connectivity index (χ1v) is 14.3. The quantitative estimate of drug-likeness (QED) is 0.492. The SMILES string of the molecule is CC1(C)Oc2ccc(C(=O)NS(=O)(=O)c3ccc4c(c3)NC(=O)CO4)cc2[C@@H]2O[C@H](c3ccccc3)CC[C@H]21. The maximum atomic E-state index is 13.2. The van der Waals surface area contributed by atoms with Crippen LogP contribution in [-0.2, 0) is 19.6 Å². The average molecular weight is 549 g/mol. The summed E-state index contributed by atoms with van der Waals surface area (Å²) in [7, 11) is -4.24. The highest BCUT2D eigenvalue weighted by Gasteiger charge is 2.48. The highest BCUT2D eigenvalue weighted by atomic mass is 32.2. The van der Waals surface area contributed by atoms with Gasteiger partial charge in [-0.25, -0.2) is 13.1 Å². The number of fused-ring (bicyclic) bond motifs is 4. The van der Waals surface area contributed by atoms with E-state index in [0.29, 0.717) is 11.5 Å². The van der Waals surface area contributed by atoms with Crippen LogP contribution in [0.5, 0.6) is 11.5 Å². The normalized spacial score (nSPS) is 23.1. The molecule has 3 aromatic rings. The molecule has 3 aromatic carbocycles. The van der Waals surface area contributed by atoms with E-state index in [0.717, 1.165) is 24.0 Å². The summed E-state index contributed by atoms with van der Waals surface area (Å²) in [5.74, 6) is -0.154. The van der Waals surface area contributed by atoms with Gasteiger partial charge in [-0.05, 0) is 68.7 Å². The number of amides is 2. The first kappa shape index (κ1) is 25.4. The molecule has 3 atom stereocenters. The molecule has 2 N–H and O–H groups in total. The fourth-order valence-corrected chi connectivity index (χ4v) is 6.57. The summed E-state index contributed by atoms with van der Waals surface area (Å²) in [5.41, 5.74) is 1.73. The average Bonchev–Trinajstić information content (AvgIpc) is 2.92. The first-order valence-electron chi connectivity index (χ1n) is 12.8. The summed E-state index contributed by atoms with van der Waals surface area (Å²) in [6, 6.07) is 18.9. The number of anilines is 1. The Labute approximate surface area is 226 Å². The molecule has 0 aliphatic carbocycles. The molecule has 6 rings (SSSR count). The van der Waals surface area contributed by atoms with Gasteiger partial charge in [0.15, 0.2) is 6.61 Å². The van der Waals surface area contributed by atoms with E-state index in [1.54, 1.807) is 18.2 Å². The van der Waals surface area contributed by atoms with Crippen molar-refractivity contribution in [3.8, 4) is 11.5 Å². The Kier molecular flexibility index (Phi) is 6.11. The lowest BCUT2D eigenvalue weighted by molar-refractivity contribution is -0.151. The van der Waals surface area contributed by atoms with Gasteiger partial charge in [0, 0.05) is 17.0 Å². The number of ether oxygens (including phenoxy) is 3. The second-order valence-electron chi connectivity index (χ2n) is 10.5. The smallest absolute Gasteiger partial charge is 0.265 e. The molecule has 2 amide bonds. The molecule has 0 unspecified atom stereocenters. The number of rotatable bonds is 4. The van der Waals surface area contributed by atoms with Gasteiger partial charge in [-0.2, -0.15) is 0 Å². The van der Waals surface area contributed by atoms with E-state index in [9.17, 15) is 18.0 Å². The summed E-state index contributed by atoms with van der Waals surface area (Å²) in [5, 5.41) is 2.57. The molecular formula is C29H28N2O7S. The molecule has 9 nitrogen and oxygen atoms in total. The molecule has 1 saturated heterocycles. The van der Waals surface area contributed by atoms with Gasteiger partial charge >= 0.3 is 0 Å². The van der Waals surface area contributed by atoms with Crippen LogP contribution in [0, 0.1) is 5.92 Å². The molecule has 202 valence electrons. The number of sulfonamides is 1. The molecule has 10 heteroatoms. The lowest BCUT2D eigenvalue weighted by Crippen LogP contribution is -2.47. The van der Waals surface area contributed by atoms with Crippen LogP contribution in [0.3, 0.4) is 0 Å². The van der Waals surface area contributed by atoms with Gasteiger partial charge < -0.3 is 19.5 Å². The van der Waals surface area contributed by atoms with Crippen LogP contribution < -0.4 is 19.5 Å². The van der Waals surface area contributed by atoms with Crippen LogP contribution in [0.25, 0.3) is 0 Å². The van der Waals surface area contributed by atoms with Gasteiger partial charge in [0.2, 0.25) is 0 Å². The van der Waals surface area contributed by atoms with Crippen molar-refractivity contribution in [2.75, 3.05) is 11.9 Å². The molecular weight excluding hydrogens is 520 g/mol. The Morgan fingerprint density at radius 1 is 1.00 bits per heavy atom.